The van der Waals surface area contributed by atoms with Gasteiger partial charge in [0.2, 0.25) is 0 Å². The second kappa shape index (κ2) is 13.4. The lowest BCUT2D eigenvalue weighted by molar-refractivity contribution is -0.123. The van der Waals surface area contributed by atoms with Gasteiger partial charge >= 0.3 is 0 Å². The van der Waals surface area contributed by atoms with Gasteiger partial charge in [0.15, 0.2) is 23.2 Å². The van der Waals surface area contributed by atoms with Crippen LogP contribution in [0.25, 0.3) is 0 Å². The van der Waals surface area contributed by atoms with Gasteiger partial charge in [-0.1, -0.05) is 42.5 Å². The summed E-state index contributed by atoms with van der Waals surface area (Å²) in [6.45, 7) is 0.263. The Kier molecular flexibility index (Phi) is 9.70. The number of hydrazine groups is 1. The van der Waals surface area contributed by atoms with E-state index >= 15 is 0 Å². The second-order valence-electron chi connectivity index (χ2n) is 6.90. The zero-order valence-electron chi connectivity index (χ0n) is 19.0. The fourth-order valence-electron chi connectivity index (χ4n) is 2.85. The minimum absolute atomic E-state index is 0.0946. The number of carbonyl (C=O) groups excluding carboxylic acids is 2. The molecule has 3 rings (SSSR count). The van der Waals surface area contributed by atoms with Gasteiger partial charge in [0, 0.05) is 0 Å². The third-order valence-electron chi connectivity index (χ3n) is 4.45. The van der Waals surface area contributed by atoms with Crippen LogP contribution in [0.15, 0.2) is 78.9 Å². The standard InChI is InChI=1S/C25H25N3O6S/c1-31-21-13-7-8-14-22(21)34-17-23(29)27-28-25(35)26-24(30)19-11-5-6-12-20(19)33-16-15-32-18-9-3-2-4-10-18/h2-14H,15-17H2,1H3,(H,27,29)(H2,26,28,30,35). The lowest BCUT2D eigenvalue weighted by atomic mass is 10.2. The largest absolute Gasteiger partial charge is 0.493 e. The van der Waals surface area contributed by atoms with Gasteiger partial charge in [-0.3, -0.25) is 25.8 Å². The summed E-state index contributed by atoms with van der Waals surface area (Å²) in [6.07, 6.45) is 0. The van der Waals surface area contributed by atoms with Crippen LogP contribution in [0.3, 0.4) is 0 Å². The van der Waals surface area contributed by atoms with Crippen molar-refractivity contribution in [2.24, 2.45) is 0 Å². The fourth-order valence-corrected chi connectivity index (χ4v) is 3.00. The zero-order chi connectivity index (χ0) is 24.9. The van der Waals surface area contributed by atoms with E-state index in [9.17, 15) is 9.59 Å². The van der Waals surface area contributed by atoms with E-state index in [1.54, 1.807) is 48.5 Å². The summed E-state index contributed by atoms with van der Waals surface area (Å²) < 4.78 is 21.9. The molecule has 0 spiro atoms. The number of hydrogen-bond acceptors (Lipinski definition) is 7. The van der Waals surface area contributed by atoms with E-state index in [2.05, 4.69) is 16.2 Å². The summed E-state index contributed by atoms with van der Waals surface area (Å²) in [5.41, 5.74) is 5.11. The van der Waals surface area contributed by atoms with E-state index in [4.69, 9.17) is 31.2 Å². The number of methoxy groups -OCH3 is 1. The van der Waals surface area contributed by atoms with E-state index in [-0.39, 0.29) is 23.9 Å². The van der Waals surface area contributed by atoms with Crippen LogP contribution in [0.4, 0.5) is 0 Å². The quantitative estimate of drug-likeness (QED) is 0.224. The van der Waals surface area contributed by atoms with Crippen LogP contribution in [0, 0.1) is 0 Å². The van der Waals surface area contributed by atoms with Crippen LogP contribution >= 0.6 is 12.2 Å². The molecule has 2 amide bonds. The average molecular weight is 496 g/mol. The van der Waals surface area contributed by atoms with Crippen molar-refractivity contribution in [2.75, 3.05) is 26.9 Å². The highest BCUT2D eigenvalue weighted by Crippen LogP contribution is 2.25. The zero-order valence-corrected chi connectivity index (χ0v) is 19.8. The number of nitrogens with one attached hydrogen (secondary N) is 3. The Morgan fingerprint density at radius 1 is 0.743 bits per heavy atom. The predicted molar refractivity (Wildman–Crippen MR) is 134 cm³/mol. The molecule has 0 saturated heterocycles. The highest BCUT2D eigenvalue weighted by atomic mass is 32.1. The molecule has 0 radical (unpaired) electrons. The van der Waals surface area contributed by atoms with Crippen molar-refractivity contribution in [1.82, 2.24) is 16.2 Å². The monoisotopic (exact) mass is 495 g/mol. The maximum Gasteiger partial charge on any atom is 0.276 e. The average Bonchev–Trinajstić information content (AvgIpc) is 2.89. The second-order valence-corrected chi connectivity index (χ2v) is 7.31. The number of carbonyl (C=O) groups is 2. The summed E-state index contributed by atoms with van der Waals surface area (Å²) in [5, 5.41) is 2.40. The van der Waals surface area contributed by atoms with E-state index in [1.165, 1.54) is 7.11 Å². The molecule has 0 unspecified atom stereocenters. The number of amides is 2. The Labute approximate surface area is 208 Å². The van der Waals surface area contributed by atoms with Crippen molar-refractivity contribution >= 4 is 29.1 Å². The lowest BCUT2D eigenvalue weighted by Gasteiger charge is -2.14. The van der Waals surface area contributed by atoms with Crippen LogP contribution in [-0.4, -0.2) is 43.9 Å². The van der Waals surface area contributed by atoms with Crippen LogP contribution in [0.1, 0.15) is 10.4 Å². The first kappa shape index (κ1) is 25.3. The summed E-state index contributed by atoms with van der Waals surface area (Å²) in [5.74, 6) is 1.03. The number of thiocarbonyl (C=S) groups is 1. The summed E-state index contributed by atoms with van der Waals surface area (Å²) in [7, 11) is 1.51. The predicted octanol–water partition coefficient (Wildman–Crippen LogP) is 2.87. The van der Waals surface area contributed by atoms with Gasteiger partial charge in [0.1, 0.15) is 24.7 Å². The summed E-state index contributed by atoms with van der Waals surface area (Å²) in [6, 6.07) is 23.0. The summed E-state index contributed by atoms with van der Waals surface area (Å²) in [4.78, 5) is 24.7. The smallest absolute Gasteiger partial charge is 0.276 e. The molecule has 0 aliphatic rings. The lowest BCUT2D eigenvalue weighted by Crippen LogP contribution is -2.49. The molecule has 10 heteroatoms. The molecule has 9 nitrogen and oxygen atoms in total. The van der Waals surface area contributed by atoms with Gasteiger partial charge in [-0.2, -0.15) is 0 Å². The molecular weight excluding hydrogens is 470 g/mol. The van der Waals surface area contributed by atoms with Crippen molar-refractivity contribution in [3.05, 3.63) is 84.4 Å². The maximum absolute atomic E-state index is 12.7. The molecule has 3 aromatic rings. The molecule has 3 aromatic carbocycles. The number of para-hydroxylation sites is 4. The van der Waals surface area contributed by atoms with Crippen LogP contribution in [0.5, 0.6) is 23.0 Å². The van der Waals surface area contributed by atoms with Gasteiger partial charge in [0.05, 0.1) is 12.7 Å². The first-order chi connectivity index (χ1) is 17.1. The SMILES string of the molecule is COc1ccccc1OCC(=O)NNC(=S)NC(=O)c1ccccc1OCCOc1ccccc1. The topological polar surface area (TPSA) is 107 Å². The fraction of sp³-hybridized carbons (Fsp3) is 0.160. The van der Waals surface area contributed by atoms with Crippen LogP contribution in [-0.2, 0) is 4.79 Å². The van der Waals surface area contributed by atoms with Gasteiger partial charge in [-0.25, -0.2) is 0 Å². The molecule has 182 valence electrons. The first-order valence-corrected chi connectivity index (χ1v) is 11.0. The molecule has 0 saturated carbocycles. The highest BCUT2D eigenvalue weighted by molar-refractivity contribution is 7.80. The van der Waals surface area contributed by atoms with E-state index in [0.29, 0.717) is 23.9 Å². The minimum atomic E-state index is -0.505. The molecule has 0 bridgehead atoms. The van der Waals surface area contributed by atoms with E-state index in [0.717, 1.165) is 5.75 Å². The number of hydrogen-bond donors (Lipinski definition) is 3. The Hall–Kier alpha value is -4.31. The molecule has 0 atom stereocenters. The molecular formula is C25H25N3O6S. The number of ether oxygens (including phenoxy) is 4. The Morgan fingerprint density at radius 2 is 1.37 bits per heavy atom. The van der Waals surface area contributed by atoms with Crippen LogP contribution < -0.4 is 35.1 Å². The van der Waals surface area contributed by atoms with Gasteiger partial charge in [0.25, 0.3) is 11.8 Å². The molecule has 35 heavy (non-hydrogen) atoms. The maximum atomic E-state index is 12.7. The molecule has 3 N–H and O–H groups in total. The third-order valence-corrected chi connectivity index (χ3v) is 4.66. The Morgan fingerprint density at radius 3 is 2.11 bits per heavy atom. The van der Waals surface area contributed by atoms with Crippen molar-refractivity contribution < 1.29 is 28.5 Å². The van der Waals surface area contributed by atoms with E-state index in [1.807, 2.05) is 30.3 Å². The van der Waals surface area contributed by atoms with Gasteiger partial charge in [-0.15, -0.1) is 0 Å². The normalized spacial score (nSPS) is 9.97. The molecule has 0 aliphatic carbocycles. The van der Waals surface area contributed by atoms with Crippen LogP contribution in [0.2, 0.25) is 0 Å². The van der Waals surface area contributed by atoms with Gasteiger partial charge in [-0.05, 0) is 48.6 Å². The minimum Gasteiger partial charge on any atom is -0.493 e. The third kappa shape index (κ3) is 8.20. The Balaban J connectivity index is 1.42. The highest BCUT2D eigenvalue weighted by Gasteiger charge is 2.14. The molecule has 0 aromatic heterocycles. The van der Waals surface area contributed by atoms with Gasteiger partial charge < -0.3 is 18.9 Å². The van der Waals surface area contributed by atoms with E-state index < -0.39 is 11.8 Å². The van der Waals surface area contributed by atoms with Crippen molar-refractivity contribution in [2.45, 2.75) is 0 Å². The van der Waals surface area contributed by atoms with Crippen molar-refractivity contribution in [3.8, 4) is 23.0 Å². The summed E-state index contributed by atoms with van der Waals surface area (Å²) >= 11 is 5.09. The molecule has 0 heterocycles. The first-order valence-electron chi connectivity index (χ1n) is 10.6. The van der Waals surface area contributed by atoms with Crippen molar-refractivity contribution in [3.63, 3.8) is 0 Å². The van der Waals surface area contributed by atoms with Crippen molar-refractivity contribution in [1.29, 1.82) is 0 Å². The molecule has 0 fully saturated rings. The number of rotatable bonds is 10. The Bertz CT molecular complexity index is 1140. The molecule has 0 aliphatic heterocycles. The number of benzene rings is 3.